The van der Waals surface area contributed by atoms with E-state index >= 15 is 0 Å². The molecule has 0 aromatic heterocycles. The molecule has 4 rings (SSSR count). The Balaban J connectivity index is 1.47. The van der Waals surface area contributed by atoms with E-state index in [2.05, 4.69) is 4.90 Å². The Hall–Kier alpha value is -1.49. The van der Waals surface area contributed by atoms with Crippen LogP contribution in [0.4, 0.5) is 0 Å². The largest absolute Gasteiger partial charge is 0.482 e. The molecule has 2 fully saturated rings. The van der Waals surface area contributed by atoms with Gasteiger partial charge in [-0.3, -0.25) is 9.69 Å². The van der Waals surface area contributed by atoms with Crippen molar-refractivity contribution in [2.24, 2.45) is 0 Å². The molecule has 2 atom stereocenters. The molecule has 1 heterocycles. The first kappa shape index (κ1) is 20.8. The van der Waals surface area contributed by atoms with E-state index < -0.39 is 0 Å². The third kappa shape index (κ3) is 4.35. The van der Waals surface area contributed by atoms with Crippen molar-refractivity contribution >= 4 is 39.9 Å². The van der Waals surface area contributed by atoms with Gasteiger partial charge in [0.25, 0.3) is 5.91 Å². The fourth-order valence-electron chi connectivity index (χ4n) is 4.88. The van der Waals surface area contributed by atoms with Crippen LogP contribution in [0.2, 0.25) is 10.0 Å². The molecule has 0 radical (unpaired) electrons. The van der Waals surface area contributed by atoms with Crippen LogP contribution in [0.15, 0.2) is 30.3 Å². The molecule has 1 amide bonds. The highest BCUT2D eigenvalue weighted by atomic mass is 35.5. The summed E-state index contributed by atoms with van der Waals surface area (Å²) in [4.78, 5) is 17.5. The van der Waals surface area contributed by atoms with Crippen molar-refractivity contribution in [3.63, 3.8) is 0 Å². The van der Waals surface area contributed by atoms with E-state index in [0.717, 1.165) is 30.3 Å². The summed E-state index contributed by atoms with van der Waals surface area (Å²) in [6.45, 7) is 2.29. The minimum absolute atomic E-state index is 0.00352. The maximum atomic E-state index is 13.0. The normalized spacial score (nSPS) is 22.7. The number of likely N-dealkylation sites (tertiary alicyclic amines) is 1. The van der Waals surface area contributed by atoms with Crippen molar-refractivity contribution in [3.05, 3.63) is 40.4 Å². The molecule has 29 heavy (non-hydrogen) atoms. The molecule has 2 unspecified atom stereocenters. The zero-order valence-electron chi connectivity index (χ0n) is 16.9. The molecule has 0 N–H and O–H groups in total. The number of fused-ring (bicyclic) bond motifs is 1. The number of carbonyl (C=O) groups is 1. The van der Waals surface area contributed by atoms with Crippen molar-refractivity contribution in [1.29, 1.82) is 0 Å². The number of hydrogen-bond donors (Lipinski definition) is 0. The zero-order chi connectivity index (χ0) is 20.4. The second kappa shape index (κ2) is 9.11. The summed E-state index contributed by atoms with van der Waals surface area (Å²) in [7, 11) is 1.92. The van der Waals surface area contributed by atoms with Crippen LogP contribution in [0.5, 0.6) is 5.75 Å². The van der Waals surface area contributed by atoms with E-state index in [4.69, 9.17) is 27.9 Å². The SMILES string of the molecule is CN(C(=O)COc1c(Cl)cc(Cl)c2ccccc12)C1CCCCC1N1CCCC1. The fourth-order valence-corrected chi connectivity index (χ4v) is 5.48. The highest BCUT2D eigenvalue weighted by molar-refractivity contribution is 6.39. The molecule has 2 aromatic rings. The van der Waals surface area contributed by atoms with Crippen LogP contribution in [-0.4, -0.2) is 54.5 Å². The molecular weight excluding hydrogens is 407 g/mol. The van der Waals surface area contributed by atoms with Crippen molar-refractivity contribution in [3.8, 4) is 5.75 Å². The quantitative estimate of drug-likeness (QED) is 0.631. The predicted octanol–water partition coefficient (Wildman–Crippen LogP) is 5.39. The molecule has 1 aliphatic carbocycles. The van der Waals surface area contributed by atoms with Gasteiger partial charge in [0.15, 0.2) is 6.61 Å². The molecule has 1 saturated heterocycles. The van der Waals surface area contributed by atoms with E-state index in [-0.39, 0.29) is 18.6 Å². The van der Waals surface area contributed by atoms with Crippen molar-refractivity contribution in [1.82, 2.24) is 9.80 Å². The monoisotopic (exact) mass is 434 g/mol. The number of likely N-dealkylation sites (N-methyl/N-ethyl adjacent to an activating group) is 1. The van der Waals surface area contributed by atoms with Crippen LogP contribution in [0.3, 0.4) is 0 Å². The topological polar surface area (TPSA) is 32.8 Å². The molecule has 2 aliphatic rings. The van der Waals surface area contributed by atoms with Gasteiger partial charge in [-0.05, 0) is 44.8 Å². The van der Waals surface area contributed by atoms with Gasteiger partial charge in [0.05, 0.1) is 10.0 Å². The second-order valence-corrected chi connectivity index (χ2v) is 8.98. The Kier molecular flexibility index (Phi) is 6.53. The van der Waals surface area contributed by atoms with Crippen LogP contribution in [0.1, 0.15) is 38.5 Å². The molecule has 4 nitrogen and oxygen atoms in total. The van der Waals surface area contributed by atoms with Crippen molar-refractivity contribution in [2.75, 3.05) is 26.7 Å². The lowest BCUT2D eigenvalue weighted by Crippen LogP contribution is -2.54. The molecule has 156 valence electrons. The number of halogens is 2. The van der Waals surface area contributed by atoms with E-state index in [0.29, 0.717) is 21.8 Å². The van der Waals surface area contributed by atoms with Gasteiger partial charge in [0, 0.05) is 29.9 Å². The fraction of sp³-hybridized carbons (Fsp3) is 0.522. The van der Waals surface area contributed by atoms with Crippen LogP contribution >= 0.6 is 23.2 Å². The Morgan fingerprint density at radius 1 is 1.07 bits per heavy atom. The minimum Gasteiger partial charge on any atom is -0.482 e. The second-order valence-electron chi connectivity index (χ2n) is 8.17. The minimum atomic E-state index is -0.0228. The standard InChI is InChI=1S/C23H28Cl2N2O2/c1-26(20-10-4-5-11-21(20)27-12-6-7-13-27)22(28)15-29-23-17-9-3-2-8-16(17)18(24)14-19(23)25/h2-3,8-9,14,20-21H,4-7,10-13,15H2,1H3. The van der Waals surface area contributed by atoms with Gasteiger partial charge in [-0.2, -0.15) is 0 Å². The molecular formula is C23H28Cl2N2O2. The van der Waals surface area contributed by atoms with Gasteiger partial charge in [-0.25, -0.2) is 0 Å². The van der Waals surface area contributed by atoms with Gasteiger partial charge < -0.3 is 9.64 Å². The van der Waals surface area contributed by atoms with E-state index in [9.17, 15) is 4.79 Å². The number of rotatable bonds is 5. The third-order valence-corrected chi connectivity index (χ3v) is 7.03. The Bertz CT molecular complexity index is 883. The van der Waals surface area contributed by atoms with Gasteiger partial charge in [0.1, 0.15) is 5.75 Å². The highest BCUT2D eigenvalue weighted by Crippen LogP contribution is 2.38. The van der Waals surface area contributed by atoms with Gasteiger partial charge in [-0.15, -0.1) is 0 Å². The number of hydrogen-bond acceptors (Lipinski definition) is 3. The maximum Gasteiger partial charge on any atom is 0.260 e. The lowest BCUT2D eigenvalue weighted by Gasteiger charge is -2.42. The molecule has 0 bridgehead atoms. The first-order valence-corrected chi connectivity index (χ1v) is 11.3. The number of benzene rings is 2. The number of ether oxygens (including phenoxy) is 1. The van der Waals surface area contributed by atoms with Crippen LogP contribution in [-0.2, 0) is 4.79 Å². The van der Waals surface area contributed by atoms with E-state index in [1.54, 1.807) is 6.07 Å². The third-order valence-electron chi connectivity index (χ3n) is 6.43. The van der Waals surface area contributed by atoms with Gasteiger partial charge >= 0.3 is 0 Å². The molecule has 2 aromatic carbocycles. The Labute approximate surface area is 182 Å². The number of carbonyl (C=O) groups excluding carboxylic acids is 1. The first-order chi connectivity index (χ1) is 14.1. The predicted molar refractivity (Wildman–Crippen MR) is 119 cm³/mol. The summed E-state index contributed by atoms with van der Waals surface area (Å²) in [6.07, 6.45) is 7.22. The Morgan fingerprint density at radius 2 is 1.76 bits per heavy atom. The van der Waals surface area contributed by atoms with Crippen molar-refractivity contribution < 1.29 is 9.53 Å². The van der Waals surface area contributed by atoms with Crippen LogP contribution in [0, 0.1) is 0 Å². The lowest BCUT2D eigenvalue weighted by molar-refractivity contribution is -0.136. The number of nitrogens with zero attached hydrogens (tertiary/aromatic N) is 2. The smallest absolute Gasteiger partial charge is 0.260 e. The first-order valence-electron chi connectivity index (χ1n) is 10.6. The van der Waals surface area contributed by atoms with Crippen LogP contribution in [0.25, 0.3) is 10.8 Å². The van der Waals surface area contributed by atoms with E-state index in [1.165, 1.54) is 32.1 Å². The number of amides is 1. The average Bonchev–Trinajstić information content (AvgIpc) is 3.27. The summed E-state index contributed by atoms with van der Waals surface area (Å²) in [5.74, 6) is 0.518. The Morgan fingerprint density at radius 3 is 2.52 bits per heavy atom. The van der Waals surface area contributed by atoms with Crippen LogP contribution < -0.4 is 4.74 Å². The van der Waals surface area contributed by atoms with Crippen molar-refractivity contribution in [2.45, 2.75) is 50.6 Å². The summed E-state index contributed by atoms with van der Waals surface area (Å²) in [5.41, 5.74) is 0. The van der Waals surface area contributed by atoms with Gasteiger partial charge in [0.2, 0.25) is 0 Å². The maximum absolute atomic E-state index is 13.0. The zero-order valence-corrected chi connectivity index (χ0v) is 18.4. The summed E-state index contributed by atoms with van der Waals surface area (Å²) >= 11 is 12.7. The molecule has 1 aliphatic heterocycles. The summed E-state index contributed by atoms with van der Waals surface area (Å²) in [6, 6.07) is 10.1. The summed E-state index contributed by atoms with van der Waals surface area (Å²) in [5, 5.41) is 2.71. The average molecular weight is 435 g/mol. The van der Waals surface area contributed by atoms with Gasteiger partial charge in [-0.1, -0.05) is 60.3 Å². The van der Waals surface area contributed by atoms with E-state index in [1.807, 2.05) is 36.2 Å². The molecule has 6 heteroatoms. The summed E-state index contributed by atoms with van der Waals surface area (Å²) < 4.78 is 5.94. The molecule has 0 spiro atoms. The lowest BCUT2D eigenvalue weighted by atomic mass is 9.88. The molecule has 1 saturated carbocycles. The highest BCUT2D eigenvalue weighted by Gasteiger charge is 2.35.